The molecular weight excluding hydrogens is 302 g/mol. The summed E-state index contributed by atoms with van der Waals surface area (Å²) >= 11 is 0. The fourth-order valence-electron chi connectivity index (χ4n) is 2.87. The maximum absolute atomic E-state index is 12.5. The molecule has 0 aliphatic heterocycles. The van der Waals surface area contributed by atoms with Crippen LogP contribution in [0.3, 0.4) is 0 Å². The van der Waals surface area contributed by atoms with Crippen molar-refractivity contribution in [2.24, 2.45) is 0 Å². The summed E-state index contributed by atoms with van der Waals surface area (Å²) in [6.45, 7) is 4.93. The zero-order chi connectivity index (χ0) is 17.1. The van der Waals surface area contributed by atoms with Crippen LogP contribution in [0.5, 0.6) is 0 Å². The van der Waals surface area contributed by atoms with Crippen LogP contribution in [0.1, 0.15) is 18.9 Å². The Hall–Kier alpha value is -2.82. The van der Waals surface area contributed by atoms with Crippen LogP contribution in [0.25, 0.3) is 11.0 Å². The Bertz CT molecular complexity index is 920. The molecule has 0 unspecified atom stereocenters. The molecular formula is C19H21N3O2. The minimum absolute atomic E-state index is 0.0677. The summed E-state index contributed by atoms with van der Waals surface area (Å²) in [7, 11) is 0. The smallest absolute Gasteiger partial charge is 0.326 e. The number of aryl methyl sites for hydroxylation is 3. The predicted molar refractivity (Wildman–Crippen MR) is 96.3 cm³/mol. The number of carbonyl (C=O) groups excluding carboxylic acids is 1. The summed E-state index contributed by atoms with van der Waals surface area (Å²) in [5.41, 5.74) is 3.62. The van der Waals surface area contributed by atoms with E-state index < -0.39 is 0 Å². The fourth-order valence-corrected chi connectivity index (χ4v) is 2.87. The third-order valence-corrected chi connectivity index (χ3v) is 4.14. The standard InChI is InChI=1S/C19H21N3O2/c1-3-21-16-6-4-5-7-17(16)22(19(21)24)13-12-18(23)20-15-10-8-14(2)9-11-15/h4-11H,3,12-13H2,1-2H3,(H,20,23). The minimum Gasteiger partial charge on any atom is -0.326 e. The number of para-hydroxylation sites is 2. The van der Waals surface area contributed by atoms with Gasteiger partial charge in [-0.15, -0.1) is 0 Å². The highest BCUT2D eigenvalue weighted by molar-refractivity contribution is 5.90. The first-order valence-corrected chi connectivity index (χ1v) is 8.14. The van der Waals surface area contributed by atoms with Gasteiger partial charge in [0.1, 0.15) is 0 Å². The van der Waals surface area contributed by atoms with Gasteiger partial charge >= 0.3 is 5.69 Å². The molecule has 5 heteroatoms. The summed E-state index contributed by atoms with van der Waals surface area (Å²) in [5, 5.41) is 2.87. The number of hydrogen-bond acceptors (Lipinski definition) is 2. The number of nitrogens with one attached hydrogen (secondary N) is 1. The van der Waals surface area contributed by atoms with Gasteiger partial charge in [-0.25, -0.2) is 4.79 Å². The summed E-state index contributed by atoms with van der Waals surface area (Å²) < 4.78 is 3.40. The zero-order valence-electron chi connectivity index (χ0n) is 14.0. The van der Waals surface area contributed by atoms with Crippen LogP contribution in [0.4, 0.5) is 5.69 Å². The molecule has 3 aromatic rings. The molecule has 0 atom stereocenters. The van der Waals surface area contributed by atoms with E-state index in [0.29, 0.717) is 13.1 Å². The van der Waals surface area contributed by atoms with E-state index in [1.54, 1.807) is 9.13 Å². The van der Waals surface area contributed by atoms with E-state index in [4.69, 9.17) is 0 Å². The second kappa shape index (κ2) is 6.74. The molecule has 0 aliphatic rings. The molecule has 0 saturated heterocycles. The van der Waals surface area contributed by atoms with Crippen LogP contribution >= 0.6 is 0 Å². The lowest BCUT2D eigenvalue weighted by atomic mass is 10.2. The Labute approximate surface area is 140 Å². The molecule has 1 aromatic heterocycles. The van der Waals surface area contributed by atoms with Crippen molar-refractivity contribution in [2.45, 2.75) is 33.4 Å². The van der Waals surface area contributed by atoms with Gasteiger partial charge in [0, 0.05) is 25.2 Å². The van der Waals surface area contributed by atoms with Crippen molar-refractivity contribution < 1.29 is 4.79 Å². The van der Waals surface area contributed by atoms with Crippen LogP contribution in [0.2, 0.25) is 0 Å². The molecule has 0 aliphatic carbocycles. The number of benzene rings is 2. The number of fused-ring (bicyclic) bond motifs is 1. The first-order chi connectivity index (χ1) is 11.6. The highest BCUT2D eigenvalue weighted by Gasteiger charge is 2.12. The average molecular weight is 323 g/mol. The summed E-state index contributed by atoms with van der Waals surface area (Å²) in [4.78, 5) is 24.7. The van der Waals surface area contributed by atoms with Gasteiger partial charge in [-0.05, 0) is 38.1 Å². The van der Waals surface area contributed by atoms with E-state index >= 15 is 0 Å². The molecule has 1 heterocycles. The molecule has 124 valence electrons. The molecule has 1 amide bonds. The topological polar surface area (TPSA) is 56.0 Å². The third-order valence-electron chi connectivity index (χ3n) is 4.14. The second-order valence-electron chi connectivity index (χ2n) is 5.83. The lowest BCUT2D eigenvalue weighted by molar-refractivity contribution is -0.116. The van der Waals surface area contributed by atoms with Crippen LogP contribution in [-0.4, -0.2) is 15.0 Å². The van der Waals surface area contributed by atoms with Gasteiger partial charge in [0.05, 0.1) is 11.0 Å². The lowest BCUT2D eigenvalue weighted by Gasteiger charge is -2.06. The second-order valence-corrected chi connectivity index (χ2v) is 5.83. The Kier molecular flexibility index (Phi) is 4.51. The number of imidazole rings is 1. The maximum Gasteiger partial charge on any atom is 0.329 e. The van der Waals surface area contributed by atoms with Gasteiger partial charge < -0.3 is 5.32 Å². The first kappa shape index (κ1) is 16.1. The third kappa shape index (κ3) is 3.11. The summed E-state index contributed by atoms with van der Waals surface area (Å²) in [6.07, 6.45) is 0.255. The van der Waals surface area contributed by atoms with Crippen molar-refractivity contribution in [3.8, 4) is 0 Å². The molecule has 0 saturated carbocycles. The number of anilines is 1. The van der Waals surface area contributed by atoms with Crippen molar-refractivity contribution in [3.63, 3.8) is 0 Å². The largest absolute Gasteiger partial charge is 0.329 e. The maximum atomic E-state index is 12.5. The van der Waals surface area contributed by atoms with Crippen molar-refractivity contribution in [1.82, 2.24) is 9.13 Å². The Morgan fingerprint density at radius 1 is 1.00 bits per heavy atom. The number of amides is 1. The molecule has 5 nitrogen and oxygen atoms in total. The van der Waals surface area contributed by atoms with Gasteiger partial charge in [0.15, 0.2) is 0 Å². The minimum atomic E-state index is -0.0981. The monoisotopic (exact) mass is 323 g/mol. The van der Waals surface area contributed by atoms with Crippen LogP contribution < -0.4 is 11.0 Å². The number of carbonyl (C=O) groups is 1. The molecule has 0 fully saturated rings. The molecule has 24 heavy (non-hydrogen) atoms. The van der Waals surface area contributed by atoms with E-state index in [2.05, 4.69) is 5.32 Å². The van der Waals surface area contributed by atoms with E-state index in [1.807, 2.05) is 62.4 Å². The van der Waals surface area contributed by atoms with Gasteiger partial charge in [0.2, 0.25) is 5.91 Å². The first-order valence-electron chi connectivity index (χ1n) is 8.14. The zero-order valence-corrected chi connectivity index (χ0v) is 14.0. The van der Waals surface area contributed by atoms with Crippen molar-refractivity contribution >= 4 is 22.6 Å². The molecule has 0 bridgehead atoms. The Morgan fingerprint density at radius 2 is 1.62 bits per heavy atom. The van der Waals surface area contributed by atoms with Gasteiger partial charge in [-0.3, -0.25) is 13.9 Å². The fraction of sp³-hybridized carbons (Fsp3) is 0.263. The summed E-state index contributed by atoms with van der Waals surface area (Å²) in [6, 6.07) is 15.3. The molecule has 0 radical (unpaired) electrons. The highest BCUT2D eigenvalue weighted by atomic mass is 16.2. The van der Waals surface area contributed by atoms with E-state index in [0.717, 1.165) is 22.3 Å². The van der Waals surface area contributed by atoms with Crippen LogP contribution in [0.15, 0.2) is 53.3 Å². The van der Waals surface area contributed by atoms with Crippen molar-refractivity contribution in [1.29, 1.82) is 0 Å². The number of nitrogens with zero attached hydrogens (tertiary/aromatic N) is 2. The predicted octanol–water partition coefficient (Wildman–Crippen LogP) is 3.16. The number of hydrogen-bond donors (Lipinski definition) is 1. The summed E-state index contributed by atoms with van der Waals surface area (Å²) in [5.74, 6) is -0.0981. The Balaban J connectivity index is 1.76. The van der Waals surface area contributed by atoms with Gasteiger partial charge in [0.25, 0.3) is 0 Å². The molecule has 0 spiro atoms. The molecule has 3 rings (SSSR count). The average Bonchev–Trinajstić information content (AvgIpc) is 2.86. The normalized spacial score (nSPS) is 10.9. The number of aromatic nitrogens is 2. The van der Waals surface area contributed by atoms with Crippen LogP contribution in [-0.2, 0) is 17.9 Å². The molecule has 1 N–H and O–H groups in total. The van der Waals surface area contributed by atoms with E-state index in [9.17, 15) is 9.59 Å². The highest BCUT2D eigenvalue weighted by Crippen LogP contribution is 2.14. The Morgan fingerprint density at radius 3 is 2.25 bits per heavy atom. The SMILES string of the molecule is CCn1c(=O)n(CCC(=O)Nc2ccc(C)cc2)c2ccccc21. The molecule has 2 aromatic carbocycles. The lowest BCUT2D eigenvalue weighted by Crippen LogP contribution is -2.25. The van der Waals surface area contributed by atoms with Gasteiger partial charge in [-0.1, -0.05) is 29.8 Å². The van der Waals surface area contributed by atoms with Crippen molar-refractivity contribution in [2.75, 3.05) is 5.32 Å². The van der Waals surface area contributed by atoms with E-state index in [1.165, 1.54) is 0 Å². The van der Waals surface area contributed by atoms with Crippen LogP contribution in [0, 0.1) is 6.92 Å². The van der Waals surface area contributed by atoms with Crippen molar-refractivity contribution in [3.05, 3.63) is 64.6 Å². The van der Waals surface area contributed by atoms with E-state index in [-0.39, 0.29) is 18.0 Å². The van der Waals surface area contributed by atoms with Gasteiger partial charge in [-0.2, -0.15) is 0 Å². The quantitative estimate of drug-likeness (QED) is 0.784. The number of rotatable bonds is 5.